The van der Waals surface area contributed by atoms with Gasteiger partial charge in [0.2, 0.25) is 0 Å². The fraction of sp³-hybridized carbons (Fsp3) is 0.294. The largest absolute Gasteiger partial charge is 0.340 e. The van der Waals surface area contributed by atoms with Crippen LogP contribution in [0.5, 0.6) is 0 Å². The fourth-order valence-corrected chi connectivity index (χ4v) is 3.29. The SMILES string of the molecule is C1=NCc2c3c([nH]c2=C1)=NCCC3Cc1ccccc1. The van der Waals surface area contributed by atoms with Gasteiger partial charge in [0.05, 0.1) is 6.54 Å². The van der Waals surface area contributed by atoms with Crippen molar-refractivity contribution in [3.63, 3.8) is 0 Å². The van der Waals surface area contributed by atoms with Gasteiger partial charge in [0, 0.05) is 29.2 Å². The summed E-state index contributed by atoms with van der Waals surface area (Å²) in [6.45, 7) is 1.71. The molecule has 4 rings (SSSR count). The van der Waals surface area contributed by atoms with Crippen LogP contribution in [0, 0.1) is 0 Å². The number of aromatic amines is 1. The highest BCUT2D eigenvalue weighted by Gasteiger charge is 2.23. The number of nitrogens with one attached hydrogen (secondary N) is 1. The Balaban J connectivity index is 1.77. The van der Waals surface area contributed by atoms with E-state index in [-0.39, 0.29) is 0 Å². The van der Waals surface area contributed by atoms with Crippen LogP contribution in [0.25, 0.3) is 6.08 Å². The Morgan fingerprint density at radius 3 is 3.00 bits per heavy atom. The number of hydrogen-bond acceptors (Lipinski definition) is 2. The van der Waals surface area contributed by atoms with E-state index >= 15 is 0 Å². The third kappa shape index (κ3) is 1.90. The molecule has 0 radical (unpaired) electrons. The van der Waals surface area contributed by atoms with Crippen molar-refractivity contribution >= 4 is 12.3 Å². The molecule has 3 heterocycles. The predicted molar refractivity (Wildman–Crippen MR) is 80.6 cm³/mol. The first kappa shape index (κ1) is 11.6. The summed E-state index contributed by atoms with van der Waals surface area (Å²) in [4.78, 5) is 12.5. The Kier molecular flexibility index (Phi) is 2.76. The van der Waals surface area contributed by atoms with Crippen LogP contribution >= 0.6 is 0 Å². The summed E-state index contributed by atoms with van der Waals surface area (Å²) in [5.41, 5.74) is 5.25. The summed E-state index contributed by atoms with van der Waals surface area (Å²) in [5, 5.41) is 1.20. The van der Waals surface area contributed by atoms with Gasteiger partial charge in [-0.1, -0.05) is 30.3 Å². The maximum Gasteiger partial charge on any atom is 0.129 e. The summed E-state index contributed by atoms with van der Waals surface area (Å²) < 4.78 is 0. The van der Waals surface area contributed by atoms with Gasteiger partial charge in [0.25, 0.3) is 0 Å². The molecule has 20 heavy (non-hydrogen) atoms. The van der Waals surface area contributed by atoms with Crippen LogP contribution < -0.4 is 10.8 Å². The quantitative estimate of drug-likeness (QED) is 0.857. The van der Waals surface area contributed by atoms with Gasteiger partial charge in [0.15, 0.2) is 0 Å². The molecular formula is C17H17N3. The van der Waals surface area contributed by atoms with Gasteiger partial charge in [-0.05, 0) is 30.4 Å². The zero-order valence-electron chi connectivity index (χ0n) is 11.3. The topological polar surface area (TPSA) is 40.5 Å². The van der Waals surface area contributed by atoms with Crippen LogP contribution in [0.4, 0.5) is 0 Å². The summed E-state index contributed by atoms with van der Waals surface area (Å²) >= 11 is 0. The Labute approximate surface area is 117 Å². The summed E-state index contributed by atoms with van der Waals surface area (Å²) in [5.74, 6) is 0.562. The molecule has 2 aliphatic rings. The molecule has 0 saturated carbocycles. The molecule has 0 saturated heterocycles. The van der Waals surface area contributed by atoms with Gasteiger partial charge in [-0.25, -0.2) is 0 Å². The molecule has 2 aliphatic heterocycles. The highest BCUT2D eigenvalue weighted by atomic mass is 14.9. The van der Waals surface area contributed by atoms with E-state index in [9.17, 15) is 0 Å². The van der Waals surface area contributed by atoms with Gasteiger partial charge in [-0.3, -0.25) is 9.98 Å². The lowest BCUT2D eigenvalue weighted by atomic mass is 9.87. The minimum Gasteiger partial charge on any atom is -0.340 e. The summed E-state index contributed by atoms with van der Waals surface area (Å²) in [6.07, 6.45) is 6.18. The lowest BCUT2D eigenvalue weighted by molar-refractivity contribution is 0.589. The van der Waals surface area contributed by atoms with Crippen molar-refractivity contribution in [2.45, 2.75) is 25.3 Å². The molecule has 0 bridgehead atoms. The number of H-pyrrole nitrogens is 1. The molecule has 0 aliphatic carbocycles. The van der Waals surface area contributed by atoms with Gasteiger partial charge >= 0.3 is 0 Å². The second-order valence-electron chi connectivity index (χ2n) is 5.49. The summed E-state index contributed by atoms with van der Waals surface area (Å²) in [6, 6.07) is 10.7. The first-order chi connectivity index (χ1) is 9.92. The molecule has 0 fully saturated rings. The standard InChI is InChI=1S/C17H17N3/c1-2-4-12(5-3-1)10-13-6-9-19-17-16(13)14-11-18-8-7-15(14)20-17/h1-5,7-8,13H,6,9-11H2,(H,19,20). The van der Waals surface area contributed by atoms with Crippen LogP contribution in [-0.4, -0.2) is 17.7 Å². The number of rotatable bonds is 2. The van der Waals surface area contributed by atoms with E-state index in [1.54, 1.807) is 0 Å². The van der Waals surface area contributed by atoms with Crippen molar-refractivity contribution in [1.82, 2.24) is 4.98 Å². The van der Waals surface area contributed by atoms with Crippen molar-refractivity contribution in [2.24, 2.45) is 9.98 Å². The maximum absolute atomic E-state index is 4.66. The molecule has 0 amide bonds. The number of benzene rings is 1. The monoisotopic (exact) mass is 263 g/mol. The normalized spacial score (nSPS) is 19.7. The van der Waals surface area contributed by atoms with E-state index in [0.717, 1.165) is 31.4 Å². The van der Waals surface area contributed by atoms with E-state index < -0.39 is 0 Å². The highest BCUT2D eigenvalue weighted by Crippen LogP contribution is 2.26. The molecular weight excluding hydrogens is 246 g/mol. The van der Waals surface area contributed by atoms with Crippen LogP contribution in [0.1, 0.15) is 29.0 Å². The highest BCUT2D eigenvalue weighted by molar-refractivity contribution is 5.91. The smallest absolute Gasteiger partial charge is 0.129 e. The van der Waals surface area contributed by atoms with E-state index in [1.165, 1.54) is 22.0 Å². The average molecular weight is 263 g/mol. The van der Waals surface area contributed by atoms with Crippen LogP contribution in [0.15, 0.2) is 40.3 Å². The van der Waals surface area contributed by atoms with Crippen LogP contribution in [0.2, 0.25) is 0 Å². The molecule has 100 valence electrons. The molecule has 3 heteroatoms. The van der Waals surface area contributed by atoms with Crippen LogP contribution in [-0.2, 0) is 13.0 Å². The van der Waals surface area contributed by atoms with Crippen molar-refractivity contribution in [2.75, 3.05) is 6.54 Å². The van der Waals surface area contributed by atoms with Gasteiger partial charge in [-0.15, -0.1) is 0 Å². The van der Waals surface area contributed by atoms with Gasteiger partial charge in [-0.2, -0.15) is 0 Å². The van der Waals surface area contributed by atoms with Gasteiger partial charge < -0.3 is 4.98 Å². The molecule has 1 unspecified atom stereocenters. The number of nitrogens with zero attached hydrogens (tertiary/aromatic N) is 2. The minimum absolute atomic E-state index is 0.562. The third-order valence-electron chi connectivity index (χ3n) is 4.24. The zero-order chi connectivity index (χ0) is 13.4. The van der Waals surface area contributed by atoms with E-state index in [4.69, 9.17) is 0 Å². The molecule has 1 aromatic heterocycles. The average Bonchev–Trinajstić information content (AvgIpc) is 2.88. The lowest BCUT2D eigenvalue weighted by Gasteiger charge is -2.20. The lowest BCUT2D eigenvalue weighted by Crippen LogP contribution is -2.22. The van der Waals surface area contributed by atoms with Crippen molar-refractivity contribution < 1.29 is 0 Å². The molecule has 0 spiro atoms. The van der Waals surface area contributed by atoms with E-state index in [1.807, 2.05) is 6.21 Å². The molecule has 1 aromatic carbocycles. The number of aromatic nitrogens is 1. The van der Waals surface area contributed by atoms with Crippen molar-refractivity contribution in [1.29, 1.82) is 0 Å². The Hall–Kier alpha value is -2.16. The zero-order valence-corrected chi connectivity index (χ0v) is 11.3. The van der Waals surface area contributed by atoms with Gasteiger partial charge in [0.1, 0.15) is 5.49 Å². The number of aliphatic imine (C=N–C) groups is 1. The minimum atomic E-state index is 0.562. The molecule has 2 aromatic rings. The number of fused-ring (bicyclic) bond motifs is 3. The molecule has 1 atom stereocenters. The van der Waals surface area contributed by atoms with Crippen molar-refractivity contribution in [3.05, 3.63) is 57.9 Å². The van der Waals surface area contributed by atoms with Crippen LogP contribution in [0.3, 0.4) is 0 Å². The predicted octanol–water partition coefficient (Wildman–Crippen LogP) is 1.73. The number of hydrogen-bond donors (Lipinski definition) is 1. The summed E-state index contributed by atoms with van der Waals surface area (Å²) in [7, 11) is 0. The first-order valence-electron chi connectivity index (χ1n) is 7.21. The van der Waals surface area contributed by atoms with E-state index in [0.29, 0.717) is 5.92 Å². The Morgan fingerprint density at radius 1 is 1.20 bits per heavy atom. The second kappa shape index (κ2) is 4.75. The third-order valence-corrected chi connectivity index (χ3v) is 4.24. The first-order valence-corrected chi connectivity index (χ1v) is 7.21. The Morgan fingerprint density at radius 2 is 2.10 bits per heavy atom. The van der Waals surface area contributed by atoms with Crippen molar-refractivity contribution in [3.8, 4) is 0 Å². The second-order valence-corrected chi connectivity index (χ2v) is 5.49. The fourth-order valence-electron chi connectivity index (χ4n) is 3.29. The van der Waals surface area contributed by atoms with E-state index in [2.05, 4.69) is 51.4 Å². The maximum atomic E-state index is 4.66. The molecule has 3 nitrogen and oxygen atoms in total. The molecule has 1 N–H and O–H groups in total. The Bertz CT molecular complexity index is 769.